The van der Waals surface area contributed by atoms with E-state index in [4.69, 9.17) is 0 Å². The highest BCUT2D eigenvalue weighted by atomic mass is 16.5. The zero-order valence-electron chi connectivity index (χ0n) is 21.4. The maximum Gasteiger partial charge on any atom is 0.333 e. The lowest BCUT2D eigenvalue weighted by atomic mass is 9.98. The molecule has 0 saturated heterocycles. The molecule has 0 radical (unpaired) electrons. The van der Waals surface area contributed by atoms with Crippen LogP contribution in [0.3, 0.4) is 0 Å². The number of hydrogen-bond donors (Lipinski definition) is 1. The van der Waals surface area contributed by atoms with Crippen LogP contribution in [-0.4, -0.2) is 52.4 Å². The highest BCUT2D eigenvalue weighted by Crippen LogP contribution is 2.30. The summed E-state index contributed by atoms with van der Waals surface area (Å²) in [6.45, 7) is 3.82. The third kappa shape index (κ3) is 4.29. The van der Waals surface area contributed by atoms with Crippen molar-refractivity contribution in [2.24, 2.45) is 7.05 Å². The average molecular weight is 515 g/mol. The number of esters is 1. The number of imidazole rings is 1. The summed E-state index contributed by atoms with van der Waals surface area (Å²) in [6, 6.07) is 15.7. The predicted octanol–water partition coefficient (Wildman–Crippen LogP) is 2.09. The molecule has 0 bridgehead atoms. The van der Waals surface area contributed by atoms with Crippen molar-refractivity contribution in [1.29, 1.82) is 0 Å². The molecule has 0 fully saturated rings. The van der Waals surface area contributed by atoms with Gasteiger partial charge in [0.15, 0.2) is 11.2 Å². The molecule has 38 heavy (non-hydrogen) atoms. The number of aromatic amines is 1. The summed E-state index contributed by atoms with van der Waals surface area (Å²) < 4.78 is 8.68. The molecule has 0 unspecified atom stereocenters. The Labute approximate surface area is 216 Å². The minimum atomic E-state index is -0.685. The summed E-state index contributed by atoms with van der Waals surface area (Å²) in [4.78, 5) is 42.8. The Kier molecular flexibility index (Phi) is 6.45. The normalized spacial score (nSPS) is 11.4. The fraction of sp³-hybridized carbons (Fsp3) is 0.269. The fourth-order valence-corrected chi connectivity index (χ4v) is 4.50. The van der Waals surface area contributed by atoms with Gasteiger partial charge >= 0.3 is 11.7 Å². The smallest absolute Gasteiger partial charge is 0.333 e. The number of fused-ring (bicyclic) bond motifs is 1. The summed E-state index contributed by atoms with van der Waals surface area (Å²) in [6.07, 6.45) is 0. The van der Waals surface area contributed by atoms with Gasteiger partial charge in [0.25, 0.3) is 5.56 Å². The van der Waals surface area contributed by atoms with Gasteiger partial charge in [-0.15, -0.1) is 10.2 Å². The van der Waals surface area contributed by atoms with Crippen LogP contribution in [0, 0.1) is 0 Å². The van der Waals surface area contributed by atoms with Crippen LogP contribution < -0.4 is 11.2 Å². The highest BCUT2D eigenvalue weighted by Gasteiger charge is 2.23. The molecule has 0 aliphatic heterocycles. The Hall–Kier alpha value is -4.87. The topological polar surface area (TPSA) is 143 Å². The van der Waals surface area contributed by atoms with Crippen molar-refractivity contribution in [2.75, 3.05) is 7.11 Å². The van der Waals surface area contributed by atoms with Crippen molar-refractivity contribution in [3.63, 3.8) is 0 Å². The van der Waals surface area contributed by atoms with E-state index in [9.17, 15) is 14.4 Å². The SMILES string of the molecule is COC(=O)Cn1c(=O)c2c(nc(C(C)C)n2Cc2ccc(-c3ccccc3-c3nn[nH]n3)cc2)n(C)c1=O. The molecule has 0 spiro atoms. The minimum absolute atomic E-state index is 0.0212. The first-order valence-electron chi connectivity index (χ1n) is 12.0. The number of methoxy groups -OCH3 is 1. The van der Waals surface area contributed by atoms with Crippen LogP contribution in [-0.2, 0) is 29.7 Å². The number of benzene rings is 2. The molecule has 1 N–H and O–H groups in total. The van der Waals surface area contributed by atoms with Gasteiger partial charge in [0.05, 0.1) is 7.11 Å². The largest absolute Gasteiger partial charge is 0.468 e. The van der Waals surface area contributed by atoms with Gasteiger partial charge in [-0.1, -0.05) is 62.4 Å². The number of carbonyl (C=O) groups excluding carboxylic acids is 1. The van der Waals surface area contributed by atoms with Crippen LogP contribution in [0.25, 0.3) is 33.7 Å². The van der Waals surface area contributed by atoms with Crippen LogP contribution in [0.5, 0.6) is 0 Å². The molecule has 5 aromatic rings. The number of aryl methyl sites for hydroxylation is 1. The summed E-state index contributed by atoms with van der Waals surface area (Å²) in [5.41, 5.74) is 3.02. The van der Waals surface area contributed by atoms with Crippen molar-refractivity contribution in [1.82, 2.24) is 39.3 Å². The second kappa shape index (κ2) is 9.88. The van der Waals surface area contributed by atoms with Crippen molar-refractivity contribution < 1.29 is 9.53 Å². The van der Waals surface area contributed by atoms with E-state index in [1.807, 2.05) is 66.9 Å². The molecule has 12 nitrogen and oxygen atoms in total. The molecule has 3 heterocycles. The Morgan fingerprint density at radius 2 is 1.74 bits per heavy atom. The number of ether oxygens (including phenoxy) is 1. The first kappa shape index (κ1) is 24.8. The number of nitrogens with zero attached hydrogens (tertiary/aromatic N) is 7. The minimum Gasteiger partial charge on any atom is -0.468 e. The quantitative estimate of drug-likeness (QED) is 0.325. The lowest BCUT2D eigenvalue weighted by Crippen LogP contribution is -2.41. The lowest BCUT2D eigenvalue weighted by Gasteiger charge is -2.13. The molecule has 0 atom stereocenters. The number of nitrogens with one attached hydrogen (secondary N) is 1. The first-order chi connectivity index (χ1) is 18.3. The predicted molar refractivity (Wildman–Crippen MR) is 139 cm³/mol. The third-order valence-corrected chi connectivity index (χ3v) is 6.41. The molecular weight excluding hydrogens is 488 g/mol. The van der Waals surface area contributed by atoms with Gasteiger partial charge < -0.3 is 9.30 Å². The molecular formula is C26H26N8O4. The van der Waals surface area contributed by atoms with E-state index in [2.05, 4.69) is 30.3 Å². The van der Waals surface area contributed by atoms with Gasteiger partial charge in [0, 0.05) is 25.1 Å². The summed E-state index contributed by atoms with van der Waals surface area (Å²) in [5.74, 6) is 0.460. The van der Waals surface area contributed by atoms with E-state index in [1.54, 1.807) is 0 Å². The van der Waals surface area contributed by atoms with Gasteiger partial charge in [-0.25, -0.2) is 14.3 Å². The fourth-order valence-electron chi connectivity index (χ4n) is 4.50. The Balaban J connectivity index is 1.58. The zero-order valence-corrected chi connectivity index (χ0v) is 21.4. The van der Waals surface area contributed by atoms with Crippen LogP contribution in [0.4, 0.5) is 0 Å². The molecule has 5 rings (SSSR count). The van der Waals surface area contributed by atoms with Crippen molar-refractivity contribution >= 4 is 17.1 Å². The number of H-pyrrole nitrogens is 1. The Morgan fingerprint density at radius 3 is 2.37 bits per heavy atom. The van der Waals surface area contributed by atoms with Crippen LogP contribution in [0.1, 0.15) is 31.2 Å². The van der Waals surface area contributed by atoms with Crippen molar-refractivity contribution in [3.05, 3.63) is 80.8 Å². The van der Waals surface area contributed by atoms with Gasteiger partial charge in [0.1, 0.15) is 12.4 Å². The van der Waals surface area contributed by atoms with Gasteiger partial charge in [-0.2, -0.15) is 5.21 Å². The van der Waals surface area contributed by atoms with Gasteiger partial charge in [-0.3, -0.25) is 14.2 Å². The lowest BCUT2D eigenvalue weighted by molar-refractivity contribution is -0.141. The molecule has 0 aliphatic rings. The molecule has 12 heteroatoms. The monoisotopic (exact) mass is 514 g/mol. The third-order valence-electron chi connectivity index (χ3n) is 6.41. The van der Waals surface area contributed by atoms with Crippen LogP contribution in [0.2, 0.25) is 0 Å². The number of aromatic nitrogens is 8. The van der Waals surface area contributed by atoms with E-state index in [-0.39, 0.29) is 17.1 Å². The molecule has 2 aromatic carbocycles. The molecule has 0 aliphatic carbocycles. The van der Waals surface area contributed by atoms with Crippen molar-refractivity contribution in [3.8, 4) is 22.5 Å². The first-order valence-corrected chi connectivity index (χ1v) is 12.0. The standard InChI is InChI=1S/C26H26N8O4/c1-15(2)23-27-24-21(25(36)34(14-20(35)38-4)26(37)32(24)3)33(23)13-16-9-11-17(12-10-16)18-7-5-6-8-19(18)22-28-30-31-29-22/h5-12,15H,13-14H2,1-4H3,(H,28,29,30,31). The molecule has 3 aromatic heterocycles. The Morgan fingerprint density at radius 1 is 1.03 bits per heavy atom. The Bertz CT molecular complexity index is 1750. The molecule has 0 amide bonds. The number of tetrazole rings is 1. The van der Waals surface area contributed by atoms with Gasteiger partial charge in [0.2, 0.25) is 5.82 Å². The molecule has 194 valence electrons. The summed E-state index contributed by atoms with van der Waals surface area (Å²) in [5, 5.41) is 14.4. The van der Waals surface area contributed by atoms with E-state index < -0.39 is 23.8 Å². The van der Waals surface area contributed by atoms with Crippen LogP contribution >= 0.6 is 0 Å². The second-order valence-electron chi connectivity index (χ2n) is 9.17. The maximum absolute atomic E-state index is 13.5. The number of rotatable bonds is 7. The van der Waals surface area contributed by atoms with Crippen molar-refractivity contribution in [2.45, 2.75) is 32.9 Å². The zero-order chi connectivity index (χ0) is 27.0. The highest BCUT2D eigenvalue weighted by molar-refractivity contribution is 5.80. The van der Waals surface area contributed by atoms with E-state index in [0.29, 0.717) is 18.2 Å². The van der Waals surface area contributed by atoms with E-state index in [0.717, 1.165) is 26.8 Å². The second-order valence-corrected chi connectivity index (χ2v) is 9.17. The van der Waals surface area contributed by atoms with E-state index >= 15 is 0 Å². The summed E-state index contributed by atoms with van der Waals surface area (Å²) >= 11 is 0. The van der Waals surface area contributed by atoms with E-state index in [1.165, 1.54) is 18.7 Å². The number of carbonyl (C=O) groups is 1. The summed E-state index contributed by atoms with van der Waals surface area (Å²) in [7, 11) is 2.75. The molecule has 0 saturated carbocycles. The maximum atomic E-state index is 13.5. The number of hydrogen-bond acceptors (Lipinski definition) is 8. The van der Waals surface area contributed by atoms with Crippen LogP contribution in [0.15, 0.2) is 58.1 Å². The van der Waals surface area contributed by atoms with Gasteiger partial charge in [-0.05, 0) is 21.9 Å². The average Bonchev–Trinajstić information content (AvgIpc) is 3.59.